The molecule has 0 radical (unpaired) electrons. The molecule has 0 spiro atoms. The predicted octanol–water partition coefficient (Wildman–Crippen LogP) is 2.22. The highest BCUT2D eigenvalue weighted by atomic mass is 127. The molecule has 0 bridgehead atoms. The molecular weight excluding hydrogens is 208 g/mol. The summed E-state index contributed by atoms with van der Waals surface area (Å²) < 4.78 is 19.3. The van der Waals surface area contributed by atoms with Crippen molar-refractivity contribution in [1.82, 2.24) is 0 Å². The van der Waals surface area contributed by atoms with Gasteiger partial charge in [0, 0.05) is 3.92 Å². The molecule has 1 aliphatic rings. The molecule has 1 nitrogen and oxygen atoms in total. The van der Waals surface area contributed by atoms with Crippen molar-refractivity contribution in [2.45, 2.75) is 22.9 Å². The Hall–Kier alpha value is 0.460. The molecule has 0 heterocycles. The summed E-state index contributed by atoms with van der Waals surface area (Å²) in [5.41, 5.74) is 0. The lowest BCUT2D eigenvalue weighted by Gasteiger charge is -2.24. The Kier molecular flexibility index (Phi) is 1.72. The highest BCUT2D eigenvalue weighted by molar-refractivity contribution is 14.1. The topological polar surface area (TPSA) is 23.9 Å². The van der Waals surface area contributed by atoms with Crippen molar-refractivity contribution in [2.24, 2.45) is 0 Å². The van der Waals surface area contributed by atoms with E-state index in [1.54, 1.807) is 0 Å². The van der Waals surface area contributed by atoms with Gasteiger partial charge >= 0.3 is 0 Å². The molecule has 1 fully saturated rings. The maximum absolute atomic E-state index is 11.9. The van der Waals surface area contributed by atoms with Gasteiger partial charge in [-0.05, 0) is 33.9 Å². The second kappa shape index (κ2) is 2.15. The van der Waals surface area contributed by atoms with Gasteiger partial charge in [-0.2, -0.15) is 0 Å². The highest BCUT2D eigenvalue weighted by Crippen LogP contribution is 2.32. The number of rotatable bonds is 1. The Morgan fingerprint density at radius 1 is 1.57 bits per heavy atom. The zero-order valence-electron chi connectivity index (χ0n) is 3.82. The van der Waals surface area contributed by atoms with E-state index in [-0.39, 0.29) is 21.0 Å². The Bertz CT molecular complexity index is 79.8. The molecule has 1 saturated carbocycles. The average molecular weight is 215 g/mol. The summed E-state index contributed by atoms with van der Waals surface area (Å²) >= 11 is -0.386. The summed E-state index contributed by atoms with van der Waals surface area (Å²) in [7, 11) is 0. The molecule has 1 aliphatic carbocycles. The van der Waals surface area contributed by atoms with E-state index in [0.717, 1.165) is 0 Å². The van der Waals surface area contributed by atoms with Crippen molar-refractivity contribution in [3.8, 4) is 0 Å². The number of hydrogen-bond acceptors (Lipinski definition) is 1. The van der Waals surface area contributed by atoms with Crippen molar-refractivity contribution >= 4 is 21.0 Å². The minimum atomic E-state index is -0.546. The van der Waals surface area contributed by atoms with Crippen LogP contribution in [0, 0.1) is 3.56 Å². The van der Waals surface area contributed by atoms with Gasteiger partial charge in [0.25, 0.3) is 0 Å². The Balaban J connectivity index is 2.17. The number of nitrogens with one attached hydrogen (secondary N) is 1. The normalized spacial score (nSPS) is 40.1. The van der Waals surface area contributed by atoms with Crippen LogP contribution in [0.3, 0.4) is 0 Å². The minimum absolute atomic E-state index is 0.386. The zero-order valence-corrected chi connectivity index (χ0v) is 5.98. The fourth-order valence-corrected chi connectivity index (χ4v) is 2.19. The first-order chi connectivity index (χ1) is 3.33. The standard InChI is InChI=1S/C4H7FIN/c5-3-1-4(2-3)6-7/h3-4,7H,1-2H2. The van der Waals surface area contributed by atoms with E-state index in [0.29, 0.717) is 16.8 Å². The lowest BCUT2D eigenvalue weighted by molar-refractivity contribution is 0.226. The van der Waals surface area contributed by atoms with Crippen molar-refractivity contribution in [3.05, 3.63) is 0 Å². The monoisotopic (exact) mass is 215 g/mol. The average Bonchev–Trinajstić information content (AvgIpc) is 1.58. The molecule has 7 heavy (non-hydrogen) atoms. The third kappa shape index (κ3) is 1.17. The molecule has 0 amide bonds. The van der Waals surface area contributed by atoms with E-state index in [1.165, 1.54) is 0 Å². The van der Waals surface area contributed by atoms with Crippen LogP contribution in [0.15, 0.2) is 0 Å². The first-order valence-electron chi connectivity index (χ1n) is 2.26. The van der Waals surface area contributed by atoms with Crippen LogP contribution in [0.2, 0.25) is 0 Å². The second-order valence-corrected chi connectivity index (χ2v) is 4.16. The fraction of sp³-hybridized carbons (Fsp3) is 1.00. The lowest BCUT2D eigenvalue weighted by Crippen LogP contribution is -2.24. The maximum atomic E-state index is 11.9. The highest BCUT2D eigenvalue weighted by Gasteiger charge is 2.27. The minimum Gasteiger partial charge on any atom is -0.278 e. The molecule has 0 saturated heterocycles. The molecular formula is C4H7FIN. The van der Waals surface area contributed by atoms with Crippen LogP contribution in [0.25, 0.3) is 0 Å². The van der Waals surface area contributed by atoms with Crippen molar-refractivity contribution in [1.29, 1.82) is 3.56 Å². The summed E-state index contributed by atoms with van der Waals surface area (Å²) in [6.07, 6.45) is 0.836. The van der Waals surface area contributed by atoms with Gasteiger partial charge in [-0.25, -0.2) is 4.39 Å². The largest absolute Gasteiger partial charge is 0.278 e. The molecule has 0 aromatic heterocycles. The summed E-state index contributed by atoms with van der Waals surface area (Å²) in [4.78, 5) is 0. The molecule has 0 aromatic rings. The second-order valence-electron chi connectivity index (χ2n) is 1.78. The van der Waals surface area contributed by atoms with Gasteiger partial charge < -0.3 is 0 Å². The summed E-state index contributed by atoms with van der Waals surface area (Å²) in [6.45, 7) is 0. The third-order valence-corrected chi connectivity index (χ3v) is 3.08. The van der Waals surface area contributed by atoms with Crippen LogP contribution in [0.4, 0.5) is 4.39 Å². The molecule has 0 unspecified atom stereocenters. The summed E-state index contributed by atoms with van der Waals surface area (Å²) in [5, 5.41) is 0. The Morgan fingerprint density at radius 3 is 2.29 bits per heavy atom. The van der Waals surface area contributed by atoms with E-state index in [9.17, 15) is 4.39 Å². The van der Waals surface area contributed by atoms with Crippen LogP contribution in [-0.4, -0.2) is 10.1 Å². The molecule has 0 aliphatic heterocycles. The molecule has 42 valence electrons. The molecule has 3 heteroatoms. The molecule has 0 aromatic carbocycles. The van der Waals surface area contributed by atoms with Gasteiger partial charge in [-0.3, -0.25) is 3.56 Å². The number of hydrogen-bond donors (Lipinski definition) is 1. The number of alkyl halides is 2. The van der Waals surface area contributed by atoms with Crippen molar-refractivity contribution in [3.63, 3.8) is 0 Å². The van der Waals surface area contributed by atoms with Crippen molar-refractivity contribution in [2.75, 3.05) is 0 Å². The van der Waals surface area contributed by atoms with E-state index >= 15 is 0 Å². The van der Waals surface area contributed by atoms with E-state index < -0.39 is 6.17 Å². The zero-order chi connectivity index (χ0) is 5.28. The third-order valence-electron chi connectivity index (χ3n) is 1.18. The van der Waals surface area contributed by atoms with Crippen molar-refractivity contribution < 1.29 is 4.39 Å². The van der Waals surface area contributed by atoms with Gasteiger partial charge in [0.05, 0.1) is 0 Å². The number of halogens is 2. The Labute approximate surface area is 52.2 Å². The predicted molar refractivity (Wildman–Crippen MR) is 34.7 cm³/mol. The van der Waals surface area contributed by atoms with Gasteiger partial charge in [0.1, 0.15) is 6.17 Å². The fourth-order valence-electron chi connectivity index (χ4n) is 0.575. The van der Waals surface area contributed by atoms with E-state index in [1.807, 2.05) is 0 Å². The molecule has 0 atom stereocenters. The maximum Gasteiger partial charge on any atom is 0.102 e. The van der Waals surface area contributed by atoms with Gasteiger partial charge in [-0.1, -0.05) is 0 Å². The van der Waals surface area contributed by atoms with E-state index in [2.05, 4.69) is 0 Å². The Morgan fingerprint density at radius 2 is 2.14 bits per heavy atom. The quantitative estimate of drug-likeness (QED) is 0.512. The smallest absolute Gasteiger partial charge is 0.102 e. The summed E-state index contributed by atoms with van der Waals surface area (Å²) in [6, 6.07) is 0. The first-order valence-corrected chi connectivity index (χ1v) is 4.58. The summed E-state index contributed by atoms with van der Waals surface area (Å²) in [5.74, 6) is 0. The van der Waals surface area contributed by atoms with Crippen LogP contribution >= 0.6 is 21.0 Å². The van der Waals surface area contributed by atoms with Crippen LogP contribution in [0.5, 0.6) is 0 Å². The first kappa shape index (κ1) is 5.59. The van der Waals surface area contributed by atoms with Gasteiger partial charge in [0.2, 0.25) is 0 Å². The van der Waals surface area contributed by atoms with Gasteiger partial charge in [0.15, 0.2) is 0 Å². The van der Waals surface area contributed by atoms with Gasteiger partial charge in [-0.15, -0.1) is 0 Å². The van der Waals surface area contributed by atoms with Crippen LogP contribution in [0.1, 0.15) is 12.8 Å². The molecule has 1 rings (SSSR count). The SMILES string of the molecule is N=IC1CC(F)C1. The lowest BCUT2D eigenvalue weighted by atomic mass is 9.98. The van der Waals surface area contributed by atoms with Crippen LogP contribution < -0.4 is 0 Å². The van der Waals surface area contributed by atoms with Crippen LogP contribution in [-0.2, 0) is 0 Å². The van der Waals surface area contributed by atoms with E-state index in [4.69, 9.17) is 3.56 Å². The molecule has 1 N–H and O–H groups in total.